The van der Waals surface area contributed by atoms with E-state index in [0.717, 1.165) is 12.1 Å². The molecule has 1 aromatic rings. The van der Waals surface area contributed by atoms with Crippen LogP contribution >= 0.6 is 0 Å². The predicted molar refractivity (Wildman–Crippen MR) is 79.1 cm³/mol. The summed E-state index contributed by atoms with van der Waals surface area (Å²) in [5.74, 6) is 0.725. The van der Waals surface area contributed by atoms with Crippen LogP contribution in [0, 0.1) is 11.3 Å². The van der Waals surface area contributed by atoms with Crippen molar-refractivity contribution in [2.75, 3.05) is 13.6 Å². The van der Waals surface area contributed by atoms with Crippen molar-refractivity contribution in [2.45, 2.75) is 39.2 Å². The van der Waals surface area contributed by atoms with Crippen molar-refractivity contribution in [1.29, 1.82) is 0 Å². The standard InChI is InChI=1S/C15H26N4O/c1-11(2)7-15(5-6-15)10-17-14(20)13(16-3)12-8-18-19(4)9-12/h8-9,11,13,16H,5-7,10H2,1-4H3,(H,17,20). The molecule has 2 rings (SSSR count). The van der Waals surface area contributed by atoms with Crippen molar-refractivity contribution < 1.29 is 4.79 Å². The Labute approximate surface area is 121 Å². The number of nitrogens with one attached hydrogen (secondary N) is 2. The van der Waals surface area contributed by atoms with E-state index in [1.165, 1.54) is 19.3 Å². The van der Waals surface area contributed by atoms with Gasteiger partial charge >= 0.3 is 0 Å². The zero-order valence-electron chi connectivity index (χ0n) is 12.9. The number of aryl methyl sites for hydroxylation is 1. The Kier molecular flexibility index (Phi) is 4.48. The molecule has 0 spiro atoms. The van der Waals surface area contributed by atoms with Gasteiger partial charge in [0.2, 0.25) is 5.91 Å². The van der Waals surface area contributed by atoms with Gasteiger partial charge in [-0.1, -0.05) is 13.8 Å². The molecule has 1 amide bonds. The number of aromatic nitrogens is 2. The van der Waals surface area contributed by atoms with Crippen LogP contribution < -0.4 is 10.6 Å². The smallest absolute Gasteiger partial charge is 0.241 e. The molecule has 1 atom stereocenters. The Bertz CT molecular complexity index is 462. The predicted octanol–water partition coefficient (Wildman–Crippen LogP) is 1.62. The number of hydrogen-bond donors (Lipinski definition) is 2. The van der Waals surface area contributed by atoms with E-state index < -0.39 is 0 Å². The maximum atomic E-state index is 12.3. The summed E-state index contributed by atoms with van der Waals surface area (Å²) in [6.45, 7) is 5.28. The Hall–Kier alpha value is -1.36. The molecule has 1 saturated carbocycles. The van der Waals surface area contributed by atoms with Crippen LogP contribution in [0.25, 0.3) is 0 Å². The van der Waals surface area contributed by atoms with E-state index in [1.54, 1.807) is 17.9 Å². The Morgan fingerprint density at radius 1 is 1.50 bits per heavy atom. The van der Waals surface area contributed by atoms with Crippen molar-refractivity contribution >= 4 is 5.91 Å². The Balaban J connectivity index is 1.90. The van der Waals surface area contributed by atoms with Gasteiger partial charge in [-0.15, -0.1) is 0 Å². The molecule has 1 aromatic heterocycles. The molecule has 5 heteroatoms. The number of hydrogen-bond acceptors (Lipinski definition) is 3. The van der Waals surface area contributed by atoms with Gasteiger partial charge in [-0.3, -0.25) is 9.48 Å². The first-order valence-corrected chi connectivity index (χ1v) is 7.39. The van der Waals surface area contributed by atoms with Crippen LogP contribution in [0.4, 0.5) is 0 Å². The first-order chi connectivity index (χ1) is 9.46. The number of carbonyl (C=O) groups excluding carboxylic acids is 1. The van der Waals surface area contributed by atoms with E-state index in [-0.39, 0.29) is 11.9 Å². The highest BCUT2D eigenvalue weighted by Gasteiger charge is 2.43. The molecule has 0 bridgehead atoms. The summed E-state index contributed by atoms with van der Waals surface area (Å²) >= 11 is 0. The highest BCUT2D eigenvalue weighted by molar-refractivity contribution is 5.83. The van der Waals surface area contributed by atoms with E-state index in [2.05, 4.69) is 29.6 Å². The minimum absolute atomic E-state index is 0.0375. The molecule has 112 valence electrons. The van der Waals surface area contributed by atoms with Gasteiger partial charge in [0.15, 0.2) is 0 Å². The second-order valence-electron chi connectivity index (χ2n) is 6.48. The van der Waals surface area contributed by atoms with Gasteiger partial charge in [0.05, 0.1) is 6.20 Å². The van der Waals surface area contributed by atoms with Gasteiger partial charge in [-0.2, -0.15) is 5.10 Å². The molecule has 1 fully saturated rings. The van der Waals surface area contributed by atoms with Crippen LogP contribution in [-0.2, 0) is 11.8 Å². The van der Waals surface area contributed by atoms with Gasteiger partial charge in [0, 0.05) is 25.4 Å². The first kappa shape index (κ1) is 15.0. The molecule has 0 saturated heterocycles. The summed E-state index contributed by atoms with van der Waals surface area (Å²) < 4.78 is 1.72. The Morgan fingerprint density at radius 2 is 2.20 bits per heavy atom. The van der Waals surface area contributed by atoms with E-state index in [1.807, 2.05) is 13.2 Å². The third-order valence-electron chi connectivity index (χ3n) is 4.05. The summed E-state index contributed by atoms with van der Waals surface area (Å²) in [5.41, 5.74) is 1.26. The molecule has 2 N–H and O–H groups in total. The van der Waals surface area contributed by atoms with Crippen LogP contribution in [0.2, 0.25) is 0 Å². The van der Waals surface area contributed by atoms with E-state index >= 15 is 0 Å². The summed E-state index contributed by atoms with van der Waals surface area (Å²) in [5, 5.41) is 10.3. The quantitative estimate of drug-likeness (QED) is 0.797. The van der Waals surface area contributed by atoms with E-state index in [0.29, 0.717) is 11.3 Å². The number of rotatable bonds is 7. The third kappa shape index (κ3) is 3.60. The first-order valence-electron chi connectivity index (χ1n) is 7.39. The molecule has 0 radical (unpaired) electrons. The van der Waals surface area contributed by atoms with Crippen LogP contribution in [0.5, 0.6) is 0 Å². The monoisotopic (exact) mass is 278 g/mol. The molecular formula is C15H26N4O. The topological polar surface area (TPSA) is 59.0 Å². The SMILES string of the molecule is CNC(C(=O)NCC1(CC(C)C)CC1)c1cnn(C)c1. The average Bonchev–Trinajstić information content (AvgIpc) is 3.00. The van der Waals surface area contributed by atoms with Gasteiger partial charge in [-0.05, 0) is 37.6 Å². The zero-order chi connectivity index (χ0) is 14.8. The maximum absolute atomic E-state index is 12.3. The van der Waals surface area contributed by atoms with Crippen LogP contribution in [0.1, 0.15) is 44.7 Å². The molecule has 1 heterocycles. The molecule has 1 unspecified atom stereocenters. The normalized spacial score (nSPS) is 18.1. The van der Waals surface area contributed by atoms with Crippen LogP contribution in [-0.4, -0.2) is 29.3 Å². The van der Waals surface area contributed by atoms with Gasteiger partial charge in [0.1, 0.15) is 6.04 Å². The average molecular weight is 278 g/mol. The maximum Gasteiger partial charge on any atom is 0.241 e. The lowest BCUT2D eigenvalue weighted by molar-refractivity contribution is -0.123. The molecule has 1 aliphatic rings. The van der Waals surface area contributed by atoms with E-state index in [4.69, 9.17) is 0 Å². The minimum Gasteiger partial charge on any atom is -0.354 e. The van der Waals surface area contributed by atoms with Crippen molar-refractivity contribution in [3.05, 3.63) is 18.0 Å². The van der Waals surface area contributed by atoms with Crippen LogP contribution in [0.15, 0.2) is 12.4 Å². The molecule has 1 aliphatic carbocycles. The largest absolute Gasteiger partial charge is 0.354 e. The highest BCUT2D eigenvalue weighted by atomic mass is 16.2. The summed E-state index contributed by atoms with van der Waals surface area (Å²) in [6.07, 6.45) is 7.29. The van der Waals surface area contributed by atoms with Crippen molar-refractivity contribution in [2.24, 2.45) is 18.4 Å². The lowest BCUT2D eigenvalue weighted by Gasteiger charge is -2.20. The van der Waals surface area contributed by atoms with Gasteiger partial charge in [-0.25, -0.2) is 0 Å². The second-order valence-corrected chi connectivity index (χ2v) is 6.48. The van der Waals surface area contributed by atoms with Crippen molar-refractivity contribution in [3.8, 4) is 0 Å². The number of likely N-dealkylation sites (N-methyl/N-ethyl adjacent to an activating group) is 1. The highest BCUT2D eigenvalue weighted by Crippen LogP contribution is 2.50. The minimum atomic E-state index is -0.321. The molecule has 0 aromatic carbocycles. The summed E-state index contributed by atoms with van der Waals surface area (Å²) in [4.78, 5) is 12.3. The number of nitrogens with zero attached hydrogens (tertiary/aromatic N) is 2. The fourth-order valence-corrected chi connectivity index (χ4v) is 2.91. The fourth-order valence-electron chi connectivity index (χ4n) is 2.91. The molecule has 0 aliphatic heterocycles. The lowest BCUT2D eigenvalue weighted by atomic mass is 9.94. The van der Waals surface area contributed by atoms with Crippen LogP contribution in [0.3, 0.4) is 0 Å². The fraction of sp³-hybridized carbons (Fsp3) is 0.733. The Morgan fingerprint density at radius 3 is 2.65 bits per heavy atom. The van der Waals surface area contributed by atoms with Gasteiger partial charge < -0.3 is 10.6 Å². The summed E-state index contributed by atoms with van der Waals surface area (Å²) in [7, 11) is 3.66. The number of amides is 1. The third-order valence-corrected chi connectivity index (χ3v) is 4.05. The number of carbonyl (C=O) groups is 1. The van der Waals surface area contributed by atoms with Crippen molar-refractivity contribution in [1.82, 2.24) is 20.4 Å². The summed E-state index contributed by atoms with van der Waals surface area (Å²) in [6, 6.07) is -0.321. The van der Waals surface area contributed by atoms with E-state index in [9.17, 15) is 4.79 Å². The van der Waals surface area contributed by atoms with Gasteiger partial charge in [0.25, 0.3) is 0 Å². The second kappa shape index (κ2) is 5.95. The molecule has 5 nitrogen and oxygen atoms in total. The lowest BCUT2D eigenvalue weighted by Crippen LogP contribution is -2.39. The zero-order valence-corrected chi connectivity index (χ0v) is 12.9. The van der Waals surface area contributed by atoms with Crippen molar-refractivity contribution in [3.63, 3.8) is 0 Å². The molecule has 20 heavy (non-hydrogen) atoms. The molecular weight excluding hydrogens is 252 g/mol.